The minimum atomic E-state index is -0.945. The van der Waals surface area contributed by atoms with Crippen LogP contribution in [0.25, 0.3) is 0 Å². The van der Waals surface area contributed by atoms with Gasteiger partial charge in [-0.1, -0.05) is 67.8 Å². The van der Waals surface area contributed by atoms with Crippen molar-refractivity contribution in [1.29, 1.82) is 0 Å². The van der Waals surface area contributed by atoms with E-state index in [0.29, 0.717) is 11.1 Å². The number of hydrogen-bond acceptors (Lipinski definition) is 4. The Morgan fingerprint density at radius 3 is 2.27 bits per heavy atom. The highest BCUT2D eigenvalue weighted by Crippen LogP contribution is 2.35. The topological polar surface area (TPSA) is 87.7 Å². The fraction of sp³-hybridized carbons (Fsp3) is 0.485. The van der Waals surface area contributed by atoms with Crippen LogP contribution in [0.1, 0.15) is 89.5 Å². The number of rotatable bonds is 11. The first-order chi connectivity index (χ1) is 19.0. The Bertz CT molecular complexity index is 1190. The molecule has 2 aromatic rings. The molecule has 0 bridgehead atoms. The minimum absolute atomic E-state index is 0.0728. The molecule has 0 saturated heterocycles. The Morgan fingerprint density at radius 1 is 1.05 bits per heavy atom. The predicted molar refractivity (Wildman–Crippen MR) is 157 cm³/mol. The van der Waals surface area contributed by atoms with Gasteiger partial charge in [-0.05, 0) is 70.6 Å². The van der Waals surface area contributed by atoms with Gasteiger partial charge < -0.3 is 20.3 Å². The van der Waals surface area contributed by atoms with Crippen LogP contribution in [0.15, 0.2) is 54.6 Å². The Balaban J connectivity index is 2.07. The molecule has 1 aliphatic rings. The van der Waals surface area contributed by atoms with Crippen molar-refractivity contribution in [2.45, 2.75) is 103 Å². The van der Waals surface area contributed by atoms with Gasteiger partial charge in [0.2, 0.25) is 11.8 Å². The van der Waals surface area contributed by atoms with Crippen LogP contribution in [0.3, 0.4) is 0 Å². The first-order valence-corrected chi connectivity index (χ1v) is 14.3. The van der Waals surface area contributed by atoms with Gasteiger partial charge in [0.15, 0.2) is 0 Å². The lowest BCUT2D eigenvalue weighted by Crippen LogP contribution is -2.58. The lowest BCUT2D eigenvalue weighted by atomic mass is 9.86. The third-order valence-corrected chi connectivity index (χ3v) is 7.04. The second-order valence-electron chi connectivity index (χ2n) is 11.6. The van der Waals surface area contributed by atoms with E-state index in [2.05, 4.69) is 23.5 Å². The lowest BCUT2D eigenvalue weighted by molar-refractivity contribution is -0.147. The number of ether oxygens (including phenoxy) is 1. The number of hydrogen-bond donors (Lipinski definition) is 2. The molecule has 0 spiro atoms. The molecule has 0 heterocycles. The summed E-state index contributed by atoms with van der Waals surface area (Å²) in [7, 11) is 0. The van der Waals surface area contributed by atoms with Crippen molar-refractivity contribution < 1.29 is 19.1 Å². The van der Waals surface area contributed by atoms with E-state index in [1.54, 1.807) is 31.7 Å². The highest BCUT2D eigenvalue weighted by molar-refractivity contribution is 5.93. The van der Waals surface area contributed by atoms with Crippen molar-refractivity contribution in [2.24, 2.45) is 0 Å². The van der Waals surface area contributed by atoms with Gasteiger partial charge in [0.25, 0.3) is 0 Å². The van der Waals surface area contributed by atoms with Crippen LogP contribution < -0.4 is 10.6 Å². The molecule has 40 heavy (non-hydrogen) atoms. The van der Waals surface area contributed by atoms with Crippen LogP contribution in [0, 0.1) is 12.3 Å². The van der Waals surface area contributed by atoms with Crippen LogP contribution in [0.5, 0.6) is 0 Å². The smallest absolute Gasteiger partial charge is 0.408 e. The fourth-order valence-corrected chi connectivity index (χ4v) is 4.97. The zero-order valence-corrected chi connectivity index (χ0v) is 24.4. The Labute approximate surface area is 239 Å². The zero-order chi connectivity index (χ0) is 29.3. The van der Waals surface area contributed by atoms with Gasteiger partial charge >= 0.3 is 6.09 Å². The molecule has 1 saturated carbocycles. The van der Waals surface area contributed by atoms with E-state index in [1.165, 1.54) is 0 Å². The van der Waals surface area contributed by atoms with Gasteiger partial charge in [-0.25, -0.2) is 4.79 Å². The highest BCUT2D eigenvalue weighted by atomic mass is 16.6. The number of terminal acetylenes is 1. The number of nitrogens with zero attached hydrogens (tertiary/aromatic N) is 1. The molecule has 0 radical (unpaired) electrons. The molecule has 1 aliphatic carbocycles. The summed E-state index contributed by atoms with van der Waals surface area (Å²) in [6.45, 7) is 9.35. The van der Waals surface area contributed by atoms with Gasteiger partial charge in [0.05, 0.1) is 0 Å². The summed E-state index contributed by atoms with van der Waals surface area (Å²) < 4.78 is 5.52. The summed E-state index contributed by atoms with van der Waals surface area (Å²) in [6.07, 6.45) is 9.64. The normalized spacial score (nSPS) is 15.5. The van der Waals surface area contributed by atoms with E-state index >= 15 is 0 Å². The van der Waals surface area contributed by atoms with Gasteiger partial charge in [-0.15, -0.1) is 6.42 Å². The molecule has 3 atom stereocenters. The van der Waals surface area contributed by atoms with E-state index in [9.17, 15) is 14.4 Å². The third-order valence-electron chi connectivity index (χ3n) is 7.04. The molecule has 0 aromatic heterocycles. The summed E-state index contributed by atoms with van der Waals surface area (Å²) in [6, 6.07) is 14.6. The predicted octanol–water partition coefficient (Wildman–Crippen LogP) is 5.53. The summed E-state index contributed by atoms with van der Waals surface area (Å²) >= 11 is 0. The summed E-state index contributed by atoms with van der Waals surface area (Å²) in [5.74, 6) is 2.08. The molecule has 7 heteroatoms. The molecular formula is C33H43N3O4. The number of carbonyl (C=O) groups is 3. The first kappa shape index (κ1) is 30.7. The summed E-state index contributed by atoms with van der Waals surface area (Å²) in [5, 5.41) is 5.93. The van der Waals surface area contributed by atoms with Gasteiger partial charge in [0.1, 0.15) is 17.7 Å². The number of benzene rings is 2. The molecule has 3 rings (SSSR count). The average Bonchev–Trinajstić information content (AvgIpc) is 2.86. The lowest BCUT2D eigenvalue weighted by Gasteiger charge is -2.44. The maximum absolute atomic E-state index is 14.5. The van der Waals surface area contributed by atoms with E-state index in [4.69, 9.17) is 11.2 Å². The van der Waals surface area contributed by atoms with E-state index in [1.807, 2.05) is 55.5 Å². The minimum Gasteiger partial charge on any atom is -0.444 e. The second kappa shape index (κ2) is 14.0. The van der Waals surface area contributed by atoms with Crippen molar-refractivity contribution in [3.05, 3.63) is 71.3 Å². The molecule has 3 amide bonds. The molecule has 2 N–H and O–H groups in total. The molecule has 0 aliphatic heterocycles. The number of carbonyl (C=O) groups excluding carboxylic acids is 3. The summed E-state index contributed by atoms with van der Waals surface area (Å²) in [5.41, 5.74) is 1.30. The van der Waals surface area contributed by atoms with E-state index in [-0.39, 0.29) is 30.3 Å². The van der Waals surface area contributed by atoms with Crippen LogP contribution in [-0.4, -0.2) is 46.5 Å². The number of nitrogens with one attached hydrogen (secondary N) is 2. The highest BCUT2D eigenvalue weighted by Gasteiger charge is 2.42. The SMILES string of the molecule is C#Cc1ccccc1C(C(=O)NC(C)CCC)N(C(=O)C(Cc1ccccc1)NC(=O)OC(C)(C)C)C1CCC1. The van der Waals surface area contributed by atoms with Crippen molar-refractivity contribution >= 4 is 17.9 Å². The molecule has 1 fully saturated rings. The van der Waals surface area contributed by atoms with Crippen molar-refractivity contribution in [1.82, 2.24) is 15.5 Å². The van der Waals surface area contributed by atoms with Gasteiger partial charge in [-0.2, -0.15) is 0 Å². The molecule has 3 unspecified atom stereocenters. The molecule has 2 aromatic carbocycles. The van der Waals surface area contributed by atoms with E-state index < -0.39 is 23.8 Å². The fourth-order valence-electron chi connectivity index (χ4n) is 4.97. The van der Waals surface area contributed by atoms with Gasteiger partial charge in [-0.3, -0.25) is 9.59 Å². The third kappa shape index (κ3) is 8.35. The summed E-state index contributed by atoms with van der Waals surface area (Å²) in [4.78, 5) is 43.1. The quantitative estimate of drug-likeness (QED) is 0.364. The molecular weight excluding hydrogens is 502 g/mol. The standard InChI is InChI=1S/C33H43N3O4/c1-7-15-23(3)34-30(37)29(27-21-13-12-18-25(27)8-2)36(26-19-14-20-26)31(38)28(22-24-16-10-9-11-17-24)35-32(39)40-33(4,5)6/h2,9-13,16-18,21,23,26,28-29H,7,14-15,19-20,22H2,1,3-6H3,(H,34,37)(H,35,39). The maximum Gasteiger partial charge on any atom is 0.408 e. The van der Waals surface area contributed by atoms with E-state index in [0.717, 1.165) is 37.7 Å². The molecule has 214 valence electrons. The van der Waals surface area contributed by atoms with Crippen LogP contribution in [0.2, 0.25) is 0 Å². The van der Waals surface area contributed by atoms with Crippen LogP contribution >= 0.6 is 0 Å². The molecule has 7 nitrogen and oxygen atoms in total. The van der Waals surface area contributed by atoms with Gasteiger partial charge in [0, 0.05) is 24.1 Å². The second-order valence-corrected chi connectivity index (χ2v) is 11.6. The largest absolute Gasteiger partial charge is 0.444 e. The monoisotopic (exact) mass is 545 g/mol. The maximum atomic E-state index is 14.5. The Hall–Kier alpha value is -3.79. The first-order valence-electron chi connectivity index (χ1n) is 14.3. The van der Waals surface area contributed by atoms with Crippen molar-refractivity contribution in [2.75, 3.05) is 0 Å². The van der Waals surface area contributed by atoms with Crippen LogP contribution in [-0.2, 0) is 20.7 Å². The number of amides is 3. The average molecular weight is 546 g/mol. The van der Waals surface area contributed by atoms with Crippen molar-refractivity contribution in [3.8, 4) is 12.3 Å². The Morgan fingerprint density at radius 2 is 1.70 bits per heavy atom. The zero-order valence-electron chi connectivity index (χ0n) is 24.4. The van der Waals surface area contributed by atoms with Crippen LogP contribution in [0.4, 0.5) is 4.79 Å². The van der Waals surface area contributed by atoms with Crippen molar-refractivity contribution in [3.63, 3.8) is 0 Å². The Kier molecular flexibility index (Phi) is 10.8. The number of alkyl carbamates (subject to hydrolysis) is 1.